The highest BCUT2D eigenvalue weighted by Gasteiger charge is 2.32. The van der Waals surface area contributed by atoms with Crippen molar-refractivity contribution in [3.8, 4) is 11.5 Å². The zero-order valence-electron chi connectivity index (χ0n) is 17.3. The number of ether oxygens (including phenoxy) is 2. The molecule has 2 aliphatic rings. The summed E-state index contributed by atoms with van der Waals surface area (Å²) >= 11 is 0. The van der Waals surface area contributed by atoms with E-state index in [0.717, 1.165) is 25.8 Å². The summed E-state index contributed by atoms with van der Waals surface area (Å²) in [6, 6.07) is 12.0. The number of hydrogen-bond donors (Lipinski definition) is 1. The lowest BCUT2D eigenvalue weighted by Gasteiger charge is -2.29. The Labute approximate surface area is 181 Å². The molecule has 0 unspecified atom stereocenters. The van der Waals surface area contributed by atoms with Gasteiger partial charge in [-0.3, -0.25) is 4.79 Å². The molecule has 8 nitrogen and oxygen atoms in total. The molecule has 4 rings (SSSR count). The maximum absolute atomic E-state index is 12.7. The molecule has 9 heteroatoms. The molecule has 2 aromatic rings. The molecule has 0 aliphatic carbocycles. The van der Waals surface area contributed by atoms with Crippen molar-refractivity contribution in [2.24, 2.45) is 4.40 Å². The van der Waals surface area contributed by atoms with E-state index in [1.165, 1.54) is 6.07 Å². The number of nitrogens with one attached hydrogen (secondary N) is 1. The van der Waals surface area contributed by atoms with E-state index < -0.39 is 10.0 Å². The van der Waals surface area contributed by atoms with Crippen molar-refractivity contribution in [3.05, 3.63) is 48.0 Å². The normalized spacial score (nSPS) is 16.9. The Kier molecular flexibility index (Phi) is 6.13. The molecule has 0 saturated carbocycles. The number of rotatable bonds is 6. The molecular formula is C22H25N3O5S. The van der Waals surface area contributed by atoms with Crippen LogP contribution in [0.5, 0.6) is 11.5 Å². The molecule has 164 valence electrons. The summed E-state index contributed by atoms with van der Waals surface area (Å²) in [5.41, 5.74) is 0.871. The monoisotopic (exact) mass is 443 g/mol. The van der Waals surface area contributed by atoms with Crippen molar-refractivity contribution >= 4 is 27.5 Å². The molecule has 2 aromatic carbocycles. The SMILES string of the molecule is COc1ccccc1OCCNC(=O)c1ccc2c(c1)S(=O)(=O)N=C1CCCCCN12. The molecule has 0 radical (unpaired) electrons. The van der Waals surface area contributed by atoms with Crippen LogP contribution in [0.25, 0.3) is 0 Å². The van der Waals surface area contributed by atoms with Gasteiger partial charge in [-0.15, -0.1) is 4.40 Å². The summed E-state index contributed by atoms with van der Waals surface area (Å²) in [7, 11) is -2.26. The molecule has 0 atom stereocenters. The zero-order valence-corrected chi connectivity index (χ0v) is 18.2. The number of carbonyl (C=O) groups excluding carboxylic acids is 1. The topological polar surface area (TPSA) is 97.3 Å². The van der Waals surface area contributed by atoms with E-state index in [9.17, 15) is 13.2 Å². The highest BCUT2D eigenvalue weighted by molar-refractivity contribution is 7.90. The number of amides is 1. The predicted molar refractivity (Wildman–Crippen MR) is 118 cm³/mol. The largest absolute Gasteiger partial charge is 0.493 e. The van der Waals surface area contributed by atoms with Crippen LogP contribution in [0.3, 0.4) is 0 Å². The van der Waals surface area contributed by atoms with Crippen LogP contribution in [-0.4, -0.2) is 47.0 Å². The molecule has 1 fully saturated rings. The van der Waals surface area contributed by atoms with Gasteiger partial charge in [-0.2, -0.15) is 8.42 Å². The lowest BCUT2D eigenvalue weighted by molar-refractivity contribution is 0.0946. The highest BCUT2D eigenvalue weighted by Crippen LogP contribution is 2.35. The fraction of sp³-hybridized carbons (Fsp3) is 0.364. The van der Waals surface area contributed by atoms with Crippen molar-refractivity contribution in [1.29, 1.82) is 0 Å². The minimum atomic E-state index is -3.83. The van der Waals surface area contributed by atoms with Crippen LogP contribution in [-0.2, 0) is 10.0 Å². The Balaban J connectivity index is 1.44. The van der Waals surface area contributed by atoms with Crippen LogP contribution >= 0.6 is 0 Å². The van der Waals surface area contributed by atoms with Gasteiger partial charge in [-0.1, -0.05) is 18.6 Å². The fourth-order valence-electron chi connectivity index (χ4n) is 3.79. The van der Waals surface area contributed by atoms with Crippen molar-refractivity contribution in [2.45, 2.75) is 30.6 Å². The van der Waals surface area contributed by atoms with Crippen LogP contribution in [0.4, 0.5) is 5.69 Å². The number of benzene rings is 2. The number of amidine groups is 1. The first kappa shape index (κ1) is 21.2. The first-order valence-electron chi connectivity index (χ1n) is 10.3. The molecular weight excluding hydrogens is 418 g/mol. The van der Waals surface area contributed by atoms with Gasteiger partial charge in [0.2, 0.25) is 0 Å². The molecule has 0 aromatic heterocycles. The summed E-state index contributed by atoms with van der Waals surface area (Å²) in [4.78, 5) is 14.6. The number of sulfonamides is 1. The third-order valence-electron chi connectivity index (χ3n) is 5.32. The Hall–Kier alpha value is -3.07. The molecule has 0 spiro atoms. The lowest BCUT2D eigenvalue weighted by Crippen LogP contribution is -2.35. The van der Waals surface area contributed by atoms with Gasteiger partial charge in [0.05, 0.1) is 19.3 Å². The van der Waals surface area contributed by atoms with Crippen LogP contribution in [0.15, 0.2) is 51.8 Å². The molecule has 2 aliphatic heterocycles. The summed E-state index contributed by atoms with van der Waals surface area (Å²) in [6.07, 6.45) is 3.60. The van der Waals surface area contributed by atoms with Crippen molar-refractivity contribution in [1.82, 2.24) is 5.32 Å². The second kappa shape index (κ2) is 8.97. The number of carbonyl (C=O) groups is 1. The van der Waals surface area contributed by atoms with Crippen molar-refractivity contribution < 1.29 is 22.7 Å². The van der Waals surface area contributed by atoms with E-state index in [-0.39, 0.29) is 29.5 Å². The van der Waals surface area contributed by atoms with Gasteiger partial charge >= 0.3 is 0 Å². The third kappa shape index (κ3) is 4.51. The molecule has 1 saturated heterocycles. The zero-order chi connectivity index (χ0) is 21.8. The van der Waals surface area contributed by atoms with Crippen LogP contribution in [0, 0.1) is 0 Å². The van der Waals surface area contributed by atoms with Gasteiger partial charge in [-0.05, 0) is 43.2 Å². The van der Waals surface area contributed by atoms with Crippen molar-refractivity contribution in [3.63, 3.8) is 0 Å². The quantitative estimate of drug-likeness (QED) is 0.690. The molecule has 2 heterocycles. The van der Waals surface area contributed by atoms with Crippen molar-refractivity contribution in [2.75, 3.05) is 31.7 Å². The van der Waals surface area contributed by atoms with Gasteiger partial charge in [0.25, 0.3) is 15.9 Å². The number of para-hydroxylation sites is 2. The highest BCUT2D eigenvalue weighted by atomic mass is 32.2. The fourth-order valence-corrected chi connectivity index (χ4v) is 5.07. The Morgan fingerprint density at radius 1 is 1.13 bits per heavy atom. The standard InChI is InChI=1S/C22H25N3O5S/c1-29-18-7-4-5-8-19(18)30-14-12-23-22(26)16-10-11-17-20(15-16)31(27,28)24-21-9-3-2-6-13-25(17)21/h4-5,7-8,10-11,15H,2-3,6,9,12-14H2,1H3,(H,23,26). The van der Waals surface area contributed by atoms with Gasteiger partial charge in [0.15, 0.2) is 11.5 Å². The minimum Gasteiger partial charge on any atom is -0.493 e. The van der Waals surface area contributed by atoms with Crippen LogP contribution in [0.2, 0.25) is 0 Å². The first-order valence-corrected chi connectivity index (χ1v) is 11.7. The maximum atomic E-state index is 12.7. The van der Waals surface area contributed by atoms with Gasteiger partial charge in [0.1, 0.15) is 17.3 Å². The summed E-state index contributed by atoms with van der Waals surface area (Å²) < 4.78 is 40.3. The van der Waals surface area contributed by atoms with Crippen LogP contribution < -0.4 is 19.7 Å². The minimum absolute atomic E-state index is 0.0797. The lowest BCUT2D eigenvalue weighted by atomic mass is 10.1. The molecule has 31 heavy (non-hydrogen) atoms. The van der Waals surface area contributed by atoms with Gasteiger partial charge in [-0.25, -0.2) is 0 Å². The average Bonchev–Trinajstić information content (AvgIpc) is 3.01. The molecule has 1 N–H and O–H groups in total. The number of hydrogen-bond acceptors (Lipinski definition) is 6. The summed E-state index contributed by atoms with van der Waals surface area (Å²) in [6.45, 7) is 1.24. The smallest absolute Gasteiger partial charge is 0.286 e. The average molecular weight is 444 g/mol. The second-order valence-corrected chi connectivity index (χ2v) is 8.96. The van der Waals surface area contributed by atoms with E-state index >= 15 is 0 Å². The Morgan fingerprint density at radius 3 is 2.74 bits per heavy atom. The Morgan fingerprint density at radius 2 is 1.94 bits per heavy atom. The maximum Gasteiger partial charge on any atom is 0.286 e. The first-order chi connectivity index (χ1) is 15.0. The number of anilines is 1. The predicted octanol–water partition coefficient (Wildman–Crippen LogP) is 2.99. The van der Waals surface area contributed by atoms with Gasteiger partial charge in [0, 0.05) is 18.5 Å². The van der Waals surface area contributed by atoms with E-state index in [0.29, 0.717) is 29.4 Å². The van der Waals surface area contributed by atoms with E-state index in [2.05, 4.69) is 9.71 Å². The number of fused-ring (bicyclic) bond motifs is 3. The van der Waals surface area contributed by atoms with Crippen LogP contribution in [0.1, 0.15) is 36.0 Å². The third-order valence-corrected chi connectivity index (χ3v) is 6.66. The van der Waals surface area contributed by atoms with E-state index in [1.807, 2.05) is 17.0 Å². The van der Waals surface area contributed by atoms with Gasteiger partial charge < -0.3 is 19.7 Å². The number of methoxy groups -OCH3 is 1. The number of nitrogens with zero attached hydrogens (tertiary/aromatic N) is 2. The van der Waals surface area contributed by atoms with E-state index in [1.54, 1.807) is 31.4 Å². The molecule has 1 amide bonds. The van der Waals surface area contributed by atoms with E-state index in [4.69, 9.17) is 9.47 Å². The Bertz CT molecular complexity index is 1110. The second-order valence-electron chi connectivity index (χ2n) is 7.38. The molecule has 0 bridgehead atoms. The summed E-state index contributed by atoms with van der Waals surface area (Å²) in [5, 5.41) is 2.76. The summed E-state index contributed by atoms with van der Waals surface area (Å²) in [5.74, 6) is 1.43.